The molecule has 0 aliphatic carbocycles. The van der Waals surface area contributed by atoms with Crippen molar-refractivity contribution < 1.29 is 8.42 Å². The number of hydrogen-bond donors (Lipinski definition) is 2. The van der Waals surface area contributed by atoms with E-state index in [1.165, 1.54) is 11.3 Å². The summed E-state index contributed by atoms with van der Waals surface area (Å²) in [7, 11) is -3.46. The number of anilines is 2. The number of benzene rings is 1. The standard InChI is InChI=1S/C14H17N3O2S2/c18-21(19,14-2-1-11-20-14)16-12-3-5-13(6-4-12)17-9-7-15-8-10-17/h1-6,11,15-16H,7-10H2. The summed E-state index contributed by atoms with van der Waals surface area (Å²) in [4.78, 5) is 2.29. The van der Waals surface area contributed by atoms with Crippen LogP contribution in [-0.2, 0) is 10.0 Å². The summed E-state index contributed by atoms with van der Waals surface area (Å²) in [6.45, 7) is 3.90. The minimum Gasteiger partial charge on any atom is -0.369 e. The van der Waals surface area contributed by atoms with Crippen molar-refractivity contribution in [1.29, 1.82) is 0 Å². The highest BCUT2D eigenvalue weighted by Crippen LogP contribution is 2.22. The molecule has 112 valence electrons. The Kier molecular flexibility index (Phi) is 4.14. The second-order valence-electron chi connectivity index (χ2n) is 4.82. The molecule has 0 spiro atoms. The van der Waals surface area contributed by atoms with Crippen LogP contribution >= 0.6 is 11.3 Å². The lowest BCUT2D eigenvalue weighted by Crippen LogP contribution is -2.43. The summed E-state index contributed by atoms with van der Waals surface area (Å²) >= 11 is 1.21. The summed E-state index contributed by atoms with van der Waals surface area (Å²) in [5, 5.41) is 5.06. The van der Waals surface area contributed by atoms with E-state index >= 15 is 0 Å². The number of nitrogens with one attached hydrogen (secondary N) is 2. The number of piperazine rings is 1. The van der Waals surface area contributed by atoms with Gasteiger partial charge in [0.2, 0.25) is 0 Å². The zero-order valence-corrected chi connectivity index (χ0v) is 13.1. The largest absolute Gasteiger partial charge is 0.369 e. The average molecular weight is 323 g/mol. The molecule has 1 aromatic heterocycles. The molecule has 3 rings (SSSR count). The quantitative estimate of drug-likeness (QED) is 0.903. The highest BCUT2D eigenvalue weighted by Gasteiger charge is 2.15. The van der Waals surface area contributed by atoms with Crippen LogP contribution in [0.1, 0.15) is 0 Å². The molecule has 1 aliphatic heterocycles. The van der Waals surface area contributed by atoms with E-state index in [1.807, 2.05) is 24.3 Å². The summed E-state index contributed by atoms with van der Waals surface area (Å²) in [6, 6.07) is 10.9. The summed E-state index contributed by atoms with van der Waals surface area (Å²) in [5.41, 5.74) is 1.71. The Bertz CT molecular complexity index is 676. The number of nitrogens with zero attached hydrogens (tertiary/aromatic N) is 1. The smallest absolute Gasteiger partial charge is 0.271 e. The van der Waals surface area contributed by atoms with Crippen LogP contribution in [0.15, 0.2) is 46.0 Å². The van der Waals surface area contributed by atoms with Gasteiger partial charge in [0, 0.05) is 37.6 Å². The molecule has 0 bridgehead atoms. The van der Waals surface area contributed by atoms with E-state index in [4.69, 9.17) is 0 Å². The van der Waals surface area contributed by atoms with Gasteiger partial charge in [0.25, 0.3) is 10.0 Å². The van der Waals surface area contributed by atoms with Crippen LogP contribution in [0.4, 0.5) is 11.4 Å². The summed E-state index contributed by atoms with van der Waals surface area (Å²) < 4.78 is 27.2. The molecular formula is C14H17N3O2S2. The molecule has 2 aromatic rings. The van der Waals surface area contributed by atoms with E-state index in [2.05, 4.69) is 14.9 Å². The van der Waals surface area contributed by atoms with Gasteiger partial charge >= 0.3 is 0 Å². The lowest BCUT2D eigenvalue weighted by molar-refractivity contribution is 0.589. The van der Waals surface area contributed by atoms with Crippen LogP contribution in [-0.4, -0.2) is 34.6 Å². The predicted octanol–water partition coefficient (Wildman–Crippen LogP) is 1.96. The Balaban J connectivity index is 1.72. The average Bonchev–Trinajstić information content (AvgIpc) is 3.04. The van der Waals surface area contributed by atoms with E-state index in [1.54, 1.807) is 17.5 Å². The van der Waals surface area contributed by atoms with Gasteiger partial charge in [-0.15, -0.1) is 11.3 Å². The monoisotopic (exact) mass is 323 g/mol. The second kappa shape index (κ2) is 6.05. The van der Waals surface area contributed by atoms with E-state index in [0.717, 1.165) is 31.9 Å². The van der Waals surface area contributed by atoms with Gasteiger partial charge in [-0.2, -0.15) is 0 Å². The van der Waals surface area contributed by atoms with Crippen molar-refractivity contribution >= 4 is 32.7 Å². The Morgan fingerprint density at radius 2 is 1.81 bits per heavy atom. The summed E-state index contributed by atoms with van der Waals surface area (Å²) in [5.74, 6) is 0. The third-order valence-corrected chi connectivity index (χ3v) is 6.14. The number of rotatable bonds is 4. The first-order valence-corrected chi connectivity index (χ1v) is 9.13. The van der Waals surface area contributed by atoms with Gasteiger partial charge in [-0.05, 0) is 35.7 Å². The highest BCUT2D eigenvalue weighted by atomic mass is 32.2. The first kappa shape index (κ1) is 14.4. The Labute approximate surface area is 128 Å². The maximum Gasteiger partial charge on any atom is 0.271 e. The zero-order valence-electron chi connectivity index (χ0n) is 11.5. The second-order valence-corrected chi connectivity index (χ2v) is 7.68. The van der Waals surface area contributed by atoms with Gasteiger partial charge in [0.1, 0.15) is 4.21 Å². The van der Waals surface area contributed by atoms with Gasteiger partial charge in [0.05, 0.1) is 0 Å². The van der Waals surface area contributed by atoms with E-state index in [0.29, 0.717) is 9.90 Å². The van der Waals surface area contributed by atoms with Crippen LogP contribution in [0.3, 0.4) is 0 Å². The Morgan fingerprint density at radius 1 is 1.10 bits per heavy atom. The highest BCUT2D eigenvalue weighted by molar-refractivity contribution is 7.94. The molecule has 1 aromatic carbocycles. The van der Waals surface area contributed by atoms with Crippen LogP contribution in [0, 0.1) is 0 Å². The van der Waals surface area contributed by atoms with Gasteiger partial charge in [-0.3, -0.25) is 4.72 Å². The van der Waals surface area contributed by atoms with Crippen LogP contribution < -0.4 is 14.9 Å². The van der Waals surface area contributed by atoms with Gasteiger partial charge in [-0.1, -0.05) is 6.07 Å². The molecule has 0 atom stereocenters. The maximum atomic E-state index is 12.1. The molecule has 0 saturated carbocycles. The van der Waals surface area contributed by atoms with Crippen molar-refractivity contribution in [3.05, 3.63) is 41.8 Å². The predicted molar refractivity (Wildman–Crippen MR) is 86.7 cm³/mol. The van der Waals surface area contributed by atoms with Crippen molar-refractivity contribution in [2.24, 2.45) is 0 Å². The van der Waals surface area contributed by atoms with Crippen LogP contribution in [0.2, 0.25) is 0 Å². The van der Waals surface area contributed by atoms with Crippen LogP contribution in [0.25, 0.3) is 0 Å². The molecule has 21 heavy (non-hydrogen) atoms. The third kappa shape index (κ3) is 3.37. The Hall–Kier alpha value is -1.57. The first-order valence-electron chi connectivity index (χ1n) is 6.77. The number of hydrogen-bond acceptors (Lipinski definition) is 5. The molecule has 0 radical (unpaired) electrons. The number of sulfonamides is 1. The van der Waals surface area contributed by atoms with E-state index in [9.17, 15) is 8.42 Å². The molecule has 5 nitrogen and oxygen atoms in total. The van der Waals surface area contributed by atoms with E-state index in [-0.39, 0.29) is 0 Å². The molecule has 2 heterocycles. The van der Waals surface area contributed by atoms with Gasteiger partial charge in [-0.25, -0.2) is 8.42 Å². The number of thiophene rings is 1. The zero-order chi connectivity index (χ0) is 14.7. The molecule has 1 aliphatic rings. The Morgan fingerprint density at radius 3 is 2.43 bits per heavy atom. The molecule has 0 amide bonds. The minimum atomic E-state index is -3.46. The fourth-order valence-corrected chi connectivity index (χ4v) is 4.34. The lowest BCUT2D eigenvalue weighted by Gasteiger charge is -2.29. The van der Waals surface area contributed by atoms with Crippen molar-refractivity contribution in [3.8, 4) is 0 Å². The van der Waals surface area contributed by atoms with Gasteiger partial charge in [0.15, 0.2) is 0 Å². The SMILES string of the molecule is O=S(=O)(Nc1ccc(N2CCNCC2)cc1)c1cccs1. The fraction of sp³-hybridized carbons (Fsp3) is 0.286. The fourth-order valence-electron chi connectivity index (χ4n) is 2.29. The van der Waals surface area contributed by atoms with Crippen molar-refractivity contribution in [1.82, 2.24) is 5.32 Å². The third-order valence-electron chi connectivity index (χ3n) is 3.36. The molecule has 2 N–H and O–H groups in total. The minimum absolute atomic E-state index is 0.327. The van der Waals surface area contributed by atoms with E-state index < -0.39 is 10.0 Å². The first-order chi connectivity index (χ1) is 10.1. The maximum absolute atomic E-state index is 12.1. The van der Waals surface area contributed by atoms with Crippen molar-refractivity contribution in [2.75, 3.05) is 35.8 Å². The van der Waals surface area contributed by atoms with Crippen LogP contribution in [0.5, 0.6) is 0 Å². The molecule has 7 heteroatoms. The topological polar surface area (TPSA) is 61.4 Å². The van der Waals surface area contributed by atoms with Crippen molar-refractivity contribution in [3.63, 3.8) is 0 Å². The lowest BCUT2D eigenvalue weighted by atomic mass is 10.2. The normalized spacial score (nSPS) is 15.9. The van der Waals surface area contributed by atoms with Crippen molar-refractivity contribution in [2.45, 2.75) is 4.21 Å². The molecule has 0 unspecified atom stereocenters. The summed E-state index contributed by atoms with van der Waals surface area (Å²) in [6.07, 6.45) is 0. The molecule has 1 fully saturated rings. The van der Waals surface area contributed by atoms with Gasteiger partial charge < -0.3 is 10.2 Å². The molecular weight excluding hydrogens is 306 g/mol. The molecule has 1 saturated heterocycles.